The van der Waals surface area contributed by atoms with Gasteiger partial charge in [-0.15, -0.1) is 0 Å². The predicted molar refractivity (Wildman–Crippen MR) is 63.9 cm³/mol. The minimum Gasteiger partial charge on any atom is -0.491 e. The second-order valence-corrected chi connectivity index (χ2v) is 4.60. The van der Waals surface area contributed by atoms with E-state index in [2.05, 4.69) is 5.32 Å². The molecular weight excluding hydrogens is 216 g/mol. The van der Waals surface area contributed by atoms with Gasteiger partial charge in [-0.1, -0.05) is 18.2 Å². The summed E-state index contributed by atoms with van der Waals surface area (Å²) in [7, 11) is 0. The van der Waals surface area contributed by atoms with E-state index in [4.69, 9.17) is 4.74 Å². The van der Waals surface area contributed by atoms with E-state index in [1.807, 2.05) is 29.2 Å². The number of hydrogen-bond donors (Lipinski definition) is 1. The number of carbonyl (C=O) groups is 1. The van der Waals surface area contributed by atoms with Crippen LogP contribution in [-0.4, -0.2) is 30.1 Å². The first kappa shape index (κ1) is 10.4. The van der Waals surface area contributed by atoms with E-state index in [9.17, 15) is 4.79 Å². The van der Waals surface area contributed by atoms with Gasteiger partial charge >= 0.3 is 6.03 Å². The van der Waals surface area contributed by atoms with Crippen molar-refractivity contribution in [1.29, 1.82) is 0 Å². The minimum atomic E-state index is 0.0350. The van der Waals surface area contributed by atoms with E-state index in [1.54, 1.807) is 0 Å². The van der Waals surface area contributed by atoms with Crippen LogP contribution in [0.5, 0.6) is 5.75 Å². The van der Waals surface area contributed by atoms with E-state index in [1.165, 1.54) is 0 Å². The maximum absolute atomic E-state index is 12.0. The van der Waals surface area contributed by atoms with Crippen LogP contribution in [0.4, 0.5) is 4.79 Å². The van der Waals surface area contributed by atoms with Gasteiger partial charge in [-0.05, 0) is 18.9 Å². The van der Waals surface area contributed by atoms with Gasteiger partial charge in [-0.25, -0.2) is 4.79 Å². The average Bonchev–Trinajstić information content (AvgIpc) is 3.13. The Morgan fingerprint density at radius 3 is 3.00 bits per heavy atom. The van der Waals surface area contributed by atoms with Crippen molar-refractivity contribution >= 4 is 6.03 Å². The van der Waals surface area contributed by atoms with E-state index < -0.39 is 0 Å². The summed E-state index contributed by atoms with van der Waals surface area (Å²) in [6.45, 7) is 1.84. The Labute approximate surface area is 101 Å². The normalized spacial score (nSPS) is 18.9. The molecule has 0 bridgehead atoms. The zero-order valence-corrected chi connectivity index (χ0v) is 9.69. The molecule has 4 nitrogen and oxygen atoms in total. The van der Waals surface area contributed by atoms with Crippen LogP contribution in [0.1, 0.15) is 18.4 Å². The molecule has 1 fully saturated rings. The lowest BCUT2D eigenvalue weighted by molar-refractivity contribution is 0.187. The summed E-state index contributed by atoms with van der Waals surface area (Å²) >= 11 is 0. The summed E-state index contributed by atoms with van der Waals surface area (Å²) in [6.07, 6.45) is 2.24. The number of amides is 2. The highest BCUT2D eigenvalue weighted by Crippen LogP contribution is 2.23. The number of benzene rings is 1. The van der Waals surface area contributed by atoms with Gasteiger partial charge in [0.15, 0.2) is 0 Å². The first-order valence-electron chi connectivity index (χ1n) is 6.09. The van der Waals surface area contributed by atoms with Gasteiger partial charge in [0.05, 0.1) is 13.1 Å². The molecule has 3 rings (SSSR count). The topological polar surface area (TPSA) is 41.6 Å². The molecule has 0 unspecified atom stereocenters. The van der Waals surface area contributed by atoms with Crippen LogP contribution >= 0.6 is 0 Å². The summed E-state index contributed by atoms with van der Waals surface area (Å²) in [6, 6.07) is 8.34. The molecule has 1 aliphatic carbocycles. The molecule has 4 heteroatoms. The second-order valence-electron chi connectivity index (χ2n) is 4.60. The fraction of sp³-hybridized carbons (Fsp3) is 0.462. The molecule has 0 aromatic heterocycles. The molecule has 1 heterocycles. The van der Waals surface area contributed by atoms with Gasteiger partial charge < -0.3 is 15.0 Å². The zero-order valence-electron chi connectivity index (χ0n) is 9.69. The molecule has 1 saturated carbocycles. The molecule has 0 spiro atoms. The Morgan fingerprint density at radius 1 is 1.35 bits per heavy atom. The van der Waals surface area contributed by atoms with Gasteiger partial charge in [0.2, 0.25) is 0 Å². The number of hydrogen-bond acceptors (Lipinski definition) is 2. The summed E-state index contributed by atoms with van der Waals surface area (Å²) in [5, 5.41) is 3.01. The molecule has 1 aromatic rings. The molecular formula is C13H16N2O2. The quantitative estimate of drug-likeness (QED) is 0.801. The molecule has 0 radical (unpaired) electrons. The maximum Gasteiger partial charge on any atom is 0.318 e. The molecule has 0 atom stereocenters. The van der Waals surface area contributed by atoms with E-state index in [0.717, 1.165) is 24.2 Å². The summed E-state index contributed by atoms with van der Waals surface area (Å²) in [5.41, 5.74) is 1.08. The van der Waals surface area contributed by atoms with Crippen molar-refractivity contribution in [2.24, 2.45) is 0 Å². The van der Waals surface area contributed by atoms with Crippen molar-refractivity contribution in [3.63, 3.8) is 0 Å². The van der Waals surface area contributed by atoms with Gasteiger partial charge in [0, 0.05) is 11.6 Å². The van der Waals surface area contributed by atoms with Crippen LogP contribution in [0.3, 0.4) is 0 Å². The molecule has 1 aliphatic heterocycles. The summed E-state index contributed by atoms with van der Waals surface area (Å²) < 4.78 is 5.63. The predicted octanol–water partition coefficient (Wildman–Crippen LogP) is 1.75. The minimum absolute atomic E-state index is 0.0350. The van der Waals surface area contributed by atoms with Crippen molar-refractivity contribution in [3.8, 4) is 5.75 Å². The van der Waals surface area contributed by atoms with Crippen molar-refractivity contribution < 1.29 is 9.53 Å². The molecule has 17 heavy (non-hydrogen) atoms. The Morgan fingerprint density at radius 2 is 2.18 bits per heavy atom. The molecule has 0 saturated heterocycles. The smallest absolute Gasteiger partial charge is 0.318 e. The number of nitrogens with zero attached hydrogens (tertiary/aromatic N) is 1. The summed E-state index contributed by atoms with van der Waals surface area (Å²) in [4.78, 5) is 13.8. The van der Waals surface area contributed by atoms with Gasteiger partial charge in [-0.2, -0.15) is 0 Å². The van der Waals surface area contributed by atoms with E-state index in [0.29, 0.717) is 25.7 Å². The Kier molecular flexibility index (Phi) is 2.63. The lowest BCUT2D eigenvalue weighted by atomic mass is 10.2. The zero-order chi connectivity index (χ0) is 11.7. The SMILES string of the molecule is O=C(NC1CC1)N1CCOc2ccccc2C1. The number of ether oxygens (including phenoxy) is 1. The largest absolute Gasteiger partial charge is 0.491 e. The molecule has 90 valence electrons. The van der Waals surface area contributed by atoms with Crippen LogP contribution in [0.15, 0.2) is 24.3 Å². The highest BCUT2D eigenvalue weighted by molar-refractivity contribution is 5.75. The maximum atomic E-state index is 12.0. The Bertz CT molecular complexity index is 429. The van der Waals surface area contributed by atoms with Crippen molar-refractivity contribution in [3.05, 3.63) is 29.8 Å². The van der Waals surface area contributed by atoms with Gasteiger partial charge in [0.25, 0.3) is 0 Å². The fourth-order valence-electron chi connectivity index (χ4n) is 1.99. The summed E-state index contributed by atoms with van der Waals surface area (Å²) in [5.74, 6) is 0.897. The van der Waals surface area contributed by atoms with Gasteiger partial charge in [0.1, 0.15) is 12.4 Å². The Hall–Kier alpha value is -1.71. The van der Waals surface area contributed by atoms with Gasteiger partial charge in [-0.3, -0.25) is 0 Å². The van der Waals surface area contributed by atoms with Crippen molar-refractivity contribution in [1.82, 2.24) is 10.2 Å². The first-order chi connectivity index (χ1) is 8.33. The number of urea groups is 1. The van der Waals surface area contributed by atoms with Crippen molar-refractivity contribution in [2.75, 3.05) is 13.2 Å². The number of nitrogens with one attached hydrogen (secondary N) is 1. The third kappa shape index (κ3) is 2.35. The molecule has 2 aliphatic rings. The lowest BCUT2D eigenvalue weighted by Crippen LogP contribution is -2.41. The molecule has 2 amide bonds. The van der Waals surface area contributed by atoms with Crippen LogP contribution < -0.4 is 10.1 Å². The lowest BCUT2D eigenvalue weighted by Gasteiger charge is -2.20. The highest BCUT2D eigenvalue weighted by atomic mass is 16.5. The van der Waals surface area contributed by atoms with Crippen LogP contribution in [0, 0.1) is 0 Å². The number of rotatable bonds is 1. The second kappa shape index (κ2) is 4.28. The van der Waals surface area contributed by atoms with E-state index >= 15 is 0 Å². The molecule has 1 aromatic carbocycles. The number of fused-ring (bicyclic) bond motifs is 1. The van der Waals surface area contributed by atoms with Crippen molar-refractivity contribution in [2.45, 2.75) is 25.4 Å². The highest BCUT2D eigenvalue weighted by Gasteiger charge is 2.27. The monoisotopic (exact) mass is 232 g/mol. The third-order valence-electron chi connectivity index (χ3n) is 3.14. The average molecular weight is 232 g/mol. The fourth-order valence-corrected chi connectivity index (χ4v) is 1.99. The number of para-hydroxylation sites is 1. The van der Waals surface area contributed by atoms with E-state index in [-0.39, 0.29) is 6.03 Å². The molecule has 1 N–H and O–H groups in total. The standard InChI is InChI=1S/C13H16N2O2/c16-13(14-11-5-6-11)15-7-8-17-12-4-2-1-3-10(12)9-15/h1-4,11H,5-9H2,(H,14,16). The van der Waals surface area contributed by atoms with Crippen LogP contribution in [0.2, 0.25) is 0 Å². The first-order valence-corrected chi connectivity index (χ1v) is 6.09. The Balaban J connectivity index is 1.72. The van der Waals surface area contributed by atoms with Crippen LogP contribution in [0.25, 0.3) is 0 Å². The number of carbonyl (C=O) groups excluding carboxylic acids is 1. The third-order valence-corrected chi connectivity index (χ3v) is 3.14. The van der Waals surface area contributed by atoms with Crippen LogP contribution in [-0.2, 0) is 6.54 Å².